The molecule has 0 aliphatic carbocycles. The highest BCUT2D eigenvalue weighted by atomic mass is 79.9. The van der Waals surface area contributed by atoms with Gasteiger partial charge in [-0.25, -0.2) is 4.98 Å². The number of nitrogens with zero attached hydrogens (tertiary/aromatic N) is 2. The maximum Gasteiger partial charge on any atom is 0.231 e. The number of aromatic nitrogens is 2. The molecular formula is C10H13BrN2O2S. The highest BCUT2D eigenvalue weighted by Crippen LogP contribution is 2.32. The molecule has 2 unspecified atom stereocenters. The van der Waals surface area contributed by atoms with Crippen LogP contribution in [0.25, 0.3) is 0 Å². The lowest BCUT2D eigenvalue weighted by atomic mass is 10.3. The summed E-state index contributed by atoms with van der Waals surface area (Å²) in [5, 5.41) is 1.17. The topological polar surface area (TPSA) is 44.2 Å². The van der Waals surface area contributed by atoms with Crippen LogP contribution in [0.15, 0.2) is 15.8 Å². The molecule has 0 aromatic carbocycles. The normalized spacial score (nSPS) is 24.7. The van der Waals surface area contributed by atoms with E-state index in [4.69, 9.17) is 9.47 Å². The van der Waals surface area contributed by atoms with Gasteiger partial charge in [0, 0.05) is 18.1 Å². The van der Waals surface area contributed by atoms with Gasteiger partial charge in [-0.05, 0) is 29.3 Å². The highest BCUT2D eigenvalue weighted by Gasteiger charge is 2.26. The standard InChI is InChI=1S/C10H13BrN2O2S/c1-6-8(3-4-15-6)16-10-12-5-7(11)9(13-10)14-2/h5-6,8H,3-4H2,1-2H3. The molecule has 2 rings (SSSR count). The Morgan fingerprint density at radius 1 is 1.62 bits per heavy atom. The largest absolute Gasteiger partial charge is 0.480 e. The van der Waals surface area contributed by atoms with Crippen molar-refractivity contribution in [3.8, 4) is 5.88 Å². The lowest BCUT2D eigenvalue weighted by Crippen LogP contribution is -2.13. The Balaban J connectivity index is 2.09. The summed E-state index contributed by atoms with van der Waals surface area (Å²) >= 11 is 4.98. The monoisotopic (exact) mass is 304 g/mol. The second-order valence-electron chi connectivity index (χ2n) is 3.53. The number of ether oxygens (including phenoxy) is 2. The molecule has 2 atom stereocenters. The summed E-state index contributed by atoms with van der Waals surface area (Å²) < 4.78 is 11.4. The van der Waals surface area contributed by atoms with Crippen LogP contribution in [-0.4, -0.2) is 35.0 Å². The summed E-state index contributed by atoms with van der Waals surface area (Å²) in [6.07, 6.45) is 3.03. The number of rotatable bonds is 3. The van der Waals surface area contributed by atoms with E-state index in [1.807, 2.05) is 0 Å². The minimum absolute atomic E-state index is 0.267. The Morgan fingerprint density at radius 3 is 3.06 bits per heavy atom. The summed E-state index contributed by atoms with van der Waals surface area (Å²) in [6.45, 7) is 2.91. The summed E-state index contributed by atoms with van der Waals surface area (Å²) in [6, 6.07) is 0. The van der Waals surface area contributed by atoms with Crippen molar-refractivity contribution in [1.29, 1.82) is 0 Å². The summed E-state index contributed by atoms with van der Waals surface area (Å²) in [4.78, 5) is 8.57. The molecule has 16 heavy (non-hydrogen) atoms. The summed E-state index contributed by atoms with van der Waals surface area (Å²) in [5.74, 6) is 0.573. The Bertz CT molecular complexity index is 378. The van der Waals surface area contributed by atoms with Crippen molar-refractivity contribution < 1.29 is 9.47 Å². The zero-order valence-corrected chi connectivity index (χ0v) is 11.5. The van der Waals surface area contributed by atoms with Crippen LogP contribution in [0, 0.1) is 0 Å². The third-order valence-corrected chi connectivity index (χ3v) is 4.32. The van der Waals surface area contributed by atoms with E-state index in [0.29, 0.717) is 11.1 Å². The van der Waals surface area contributed by atoms with Gasteiger partial charge in [0.25, 0.3) is 0 Å². The van der Waals surface area contributed by atoms with Gasteiger partial charge in [-0.2, -0.15) is 4.98 Å². The molecule has 88 valence electrons. The molecule has 1 aromatic heterocycles. The van der Waals surface area contributed by atoms with Crippen molar-refractivity contribution >= 4 is 27.7 Å². The first-order valence-electron chi connectivity index (χ1n) is 5.05. The van der Waals surface area contributed by atoms with Crippen LogP contribution in [0.2, 0.25) is 0 Å². The molecule has 1 saturated heterocycles. The van der Waals surface area contributed by atoms with Crippen LogP contribution in [0.1, 0.15) is 13.3 Å². The van der Waals surface area contributed by atoms with Gasteiger partial charge in [-0.3, -0.25) is 0 Å². The Kier molecular flexibility index (Phi) is 4.05. The number of thioether (sulfide) groups is 1. The lowest BCUT2D eigenvalue weighted by Gasteiger charge is -2.12. The van der Waals surface area contributed by atoms with Gasteiger partial charge < -0.3 is 9.47 Å². The van der Waals surface area contributed by atoms with Crippen LogP contribution < -0.4 is 4.74 Å². The van der Waals surface area contributed by atoms with E-state index in [1.165, 1.54) is 0 Å². The molecule has 0 radical (unpaired) electrons. The van der Waals surface area contributed by atoms with Crippen LogP contribution >= 0.6 is 27.7 Å². The molecule has 0 bridgehead atoms. The minimum Gasteiger partial charge on any atom is -0.480 e. The average Bonchev–Trinajstić information content (AvgIpc) is 2.67. The Hall–Kier alpha value is -0.330. The van der Waals surface area contributed by atoms with Crippen molar-refractivity contribution in [3.05, 3.63) is 10.7 Å². The van der Waals surface area contributed by atoms with Crippen LogP contribution in [0.5, 0.6) is 5.88 Å². The SMILES string of the molecule is COc1nc(SC2CCOC2C)ncc1Br. The van der Waals surface area contributed by atoms with E-state index < -0.39 is 0 Å². The first-order chi connectivity index (χ1) is 7.70. The van der Waals surface area contributed by atoms with E-state index in [2.05, 4.69) is 32.8 Å². The fourth-order valence-corrected chi connectivity index (χ4v) is 2.90. The zero-order chi connectivity index (χ0) is 11.5. The smallest absolute Gasteiger partial charge is 0.231 e. The third kappa shape index (κ3) is 2.67. The van der Waals surface area contributed by atoms with Crippen molar-refractivity contribution in [2.75, 3.05) is 13.7 Å². The van der Waals surface area contributed by atoms with Crippen LogP contribution in [0.4, 0.5) is 0 Å². The molecule has 2 heterocycles. The Morgan fingerprint density at radius 2 is 2.44 bits per heavy atom. The van der Waals surface area contributed by atoms with Gasteiger partial charge >= 0.3 is 0 Å². The van der Waals surface area contributed by atoms with Crippen molar-refractivity contribution in [3.63, 3.8) is 0 Å². The maximum atomic E-state index is 5.50. The molecule has 1 aliphatic rings. The van der Waals surface area contributed by atoms with Gasteiger partial charge in [0.15, 0.2) is 5.16 Å². The van der Waals surface area contributed by atoms with Gasteiger partial charge in [0.1, 0.15) is 0 Å². The van der Waals surface area contributed by atoms with E-state index in [0.717, 1.165) is 22.7 Å². The van der Waals surface area contributed by atoms with Crippen LogP contribution in [-0.2, 0) is 4.74 Å². The van der Waals surface area contributed by atoms with Gasteiger partial charge in [0.05, 0.1) is 17.7 Å². The zero-order valence-electron chi connectivity index (χ0n) is 9.14. The Labute approximate surface area is 107 Å². The molecule has 1 aliphatic heterocycles. The number of halogens is 1. The molecule has 1 fully saturated rings. The molecule has 4 nitrogen and oxygen atoms in total. The molecule has 6 heteroatoms. The molecule has 0 amide bonds. The van der Waals surface area contributed by atoms with Crippen LogP contribution in [0.3, 0.4) is 0 Å². The highest BCUT2D eigenvalue weighted by molar-refractivity contribution is 9.10. The molecule has 0 N–H and O–H groups in total. The first kappa shape index (κ1) is 12.1. The second-order valence-corrected chi connectivity index (χ2v) is 5.59. The fraction of sp³-hybridized carbons (Fsp3) is 0.600. The minimum atomic E-state index is 0.267. The van der Waals surface area contributed by atoms with Crippen molar-refractivity contribution in [2.45, 2.75) is 29.9 Å². The molecule has 1 aromatic rings. The second kappa shape index (κ2) is 5.33. The quantitative estimate of drug-likeness (QED) is 0.803. The van der Waals surface area contributed by atoms with Gasteiger partial charge in [-0.15, -0.1) is 0 Å². The summed E-state index contributed by atoms with van der Waals surface area (Å²) in [7, 11) is 1.60. The third-order valence-electron chi connectivity index (χ3n) is 2.45. The number of methoxy groups -OCH3 is 1. The van der Waals surface area contributed by atoms with Crippen molar-refractivity contribution in [2.24, 2.45) is 0 Å². The van der Waals surface area contributed by atoms with E-state index in [-0.39, 0.29) is 6.10 Å². The van der Waals surface area contributed by atoms with E-state index >= 15 is 0 Å². The molecule has 0 saturated carbocycles. The fourth-order valence-electron chi connectivity index (χ4n) is 1.54. The molecular weight excluding hydrogens is 292 g/mol. The predicted octanol–water partition coefficient (Wildman–Crippen LogP) is 2.52. The van der Waals surface area contributed by atoms with Gasteiger partial charge in [-0.1, -0.05) is 11.8 Å². The number of hydrogen-bond acceptors (Lipinski definition) is 5. The number of hydrogen-bond donors (Lipinski definition) is 0. The van der Waals surface area contributed by atoms with Gasteiger partial charge in [0.2, 0.25) is 5.88 Å². The maximum absolute atomic E-state index is 5.50. The average molecular weight is 305 g/mol. The van der Waals surface area contributed by atoms with E-state index in [1.54, 1.807) is 25.1 Å². The van der Waals surface area contributed by atoms with Crippen molar-refractivity contribution in [1.82, 2.24) is 9.97 Å². The van der Waals surface area contributed by atoms with E-state index in [9.17, 15) is 0 Å². The molecule has 0 spiro atoms. The first-order valence-corrected chi connectivity index (χ1v) is 6.72. The lowest BCUT2D eigenvalue weighted by molar-refractivity contribution is 0.127. The summed E-state index contributed by atoms with van der Waals surface area (Å²) in [5.41, 5.74) is 0. The predicted molar refractivity (Wildman–Crippen MR) is 66.0 cm³/mol.